The zero-order chi connectivity index (χ0) is 11.3. The Balaban J connectivity index is 3.37. The van der Waals surface area contributed by atoms with Crippen LogP contribution in [0.25, 0.3) is 0 Å². The van der Waals surface area contributed by atoms with Gasteiger partial charge in [-0.1, -0.05) is 0 Å². The SMILES string of the molecule is CC1=C(C)C(C)(C)[C]([Ru]([Cl])([Cl])[Cl])=C1C. The summed E-state index contributed by atoms with van der Waals surface area (Å²) in [5.74, 6) is 0. The molecule has 0 aromatic heterocycles. The first-order valence-corrected chi connectivity index (χ1v) is 11.9. The zero-order valence-corrected chi connectivity index (χ0v) is 13.0. The molecule has 0 spiro atoms. The molecule has 14 heavy (non-hydrogen) atoms. The van der Waals surface area contributed by atoms with E-state index in [0.29, 0.717) is 0 Å². The fraction of sp³-hybridized carbons (Fsp3) is 0.600. The molecule has 4 heteroatoms. The van der Waals surface area contributed by atoms with Gasteiger partial charge in [0.1, 0.15) is 0 Å². The Morgan fingerprint density at radius 3 is 1.50 bits per heavy atom. The molecule has 0 radical (unpaired) electrons. The van der Waals surface area contributed by atoms with E-state index < -0.39 is 11.8 Å². The van der Waals surface area contributed by atoms with Crippen LogP contribution >= 0.6 is 29.1 Å². The van der Waals surface area contributed by atoms with Crippen molar-refractivity contribution < 1.29 is 11.8 Å². The number of allylic oxidation sites excluding steroid dienone is 4. The van der Waals surface area contributed by atoms with E-state index in [-0.39, 0.29) is 5.41 Å². The van der Waals surface area contributed by atoms with Crippen LogP contribution in [0, 0.1) is 5.41 Å². The van der Waals surface area contributed by atoms with E-state index in [2.05, 4.69) is 34.6 Å². The summed E-state index contributed by atoms with van der Waals surface area (Å²) in [5, 5.41) is 0. The van der Waals surface area contributed by atoms with E-state index in [1.165, 1.54) is 16.7 Å². The summed E-state index contributed by atoms with van der Waals surface area (Å²) in [4.78, 5) is 0. The second-order valence-electron chi connectivity index (χ2n) is 4.15. The Morgan fingerprint density at radius 2 is 1.36 bits per heavy atom. The van der Waals surface area contributed by atoms with Gasteiger partial charge in [-0.2, -0.15) is 0 Å². The number of rotatable bonds is 1. The molecule has 0 atom stereocenters. The Bertz CT molecular complexity index is 332. The van der Waals surface area contributed by atoms with Crippen molar-refractivity contribution in [2.45, 2.75) is 34.6 Å². The molecular weight excluding hydrogens is 328 g/mol. The molecule has 0 saturated heterocycles. The summed E-state index contributed by atoms with van der Waals surface area (Å²) in [7, 11) is 18.5. The van der Waals surface area contributed by atoms with E-state index in [0.717, 1.165) is 4.17 Å². The second kappa shape index (κ2) is 3.77. The fourth-order valence-corrected chi connectivity index (χ4v) is 9.31. The predicted octanol–water partition coefficient (Wildman–Crippen LogP) is 5.25. The van der Waals surface area contributed by atoms with Crippen LogP contribution in [0.5, 0.6) is 0 Å². The Labute approximate surface area is 101 Å². The fourth-order valence-electron chi connectivity index (χ4n) is 1.94. The van der Waals surface area contributed by atoms with E-state index in [1.807, 2.05) is 0 Å². The Kier molecular flexibility index (Phi) is 3.51. The van der Waals surface area contributed by atoms with Crippen LogP contribution in [0.15, 0.2) is 20.9 Å². The van der Waals surface area contributed by atoms with Crippen molar-refractivity contribution in [1.29, 1.82) is 0 Å². The molecule has 0 nitrogen and oxygen atoms in total. The van der Waals surface area contributed by atoms with Crippen molar-refractivity contribution >= 4 is 29.1 Å². The first kappa shape index (κ1) is 13.0. The normalized spacial score (nSPS) is 23.4. The van der Waals surface area contributed by atoms with Crippen molar-refractivity contribution in [1.82, 2.24) is 0 Å². The Morgan fingerprint density at radius 1 is 0.929 bits per heavy atom. The van der Waals surface area contributed by atoms with Gasteiger partial charge in [-0.25, -0.2) is 0 Å². The van der Waals surface area contributed by atoms with Gasteiger partial charge in [0.2, 0.25) is 0 Å². The summed E-state index contributed by atoms with van der Waals surface area (Å²) in [6, 6.07) is 0. The molecule has 1 rings (SSSR count). The molecule has 1 aliphatic carbocycles. The summed E-state index contributed by atoms with van der Waals surface area (Å²) < 4.78 is 1.08. The molecule has 0 amide bonds. The number of halogens is 3. The van der Waals surface area contributed by atoms with E-state index in [4.69, 9.17) is 29.1 Å². The minimum atomic E-state index is -3.08. The molecule has 0 aromatic carbocycles. The van der Waals surface area contributed by atoms with Crippen LogP contribution in [0.3, 0.4) is 0 Å². The van der Waals surface area contributed by atoms with Gasteiger partial charge >= 0.3 is 102 Å². The molecule has 0 fully saturated rings. The molecule has 0 aliphatic heterocycles. The van der Waals surface area contributed by atoms with Gasteiger partial charge in [0.15, 0.2) is 0 Å². The third-order valence-electron chi connectivity index (χ3n) is 3.12. The maximum atomic E-state index is 6.17. The van der Waals surface area contributed by atoms with Crippen LogP contribution in [0.4, 0.5) is 0 Å². The van der Waals surface area contributed by atoms with Crippen molar-refractivity contribution in [2.24, 2.45) is 5.41 Å². The van der Waals surface area contributed by atoms with Crippen molar-refractivity contribution in [3.8, 4) is 0 Å². The summed E-state index contributed by atoms with van der Waals surface area (Å²) >= 11 is -3.08. The summed E-state index contributed by atoms with van der Waals surface area (Å²) in [6.45, 7) is 10.6. The van der Waals surface area contributed by atoms with Crippen molar-refractivity contribution in [3.63, 3.8) is 0 Å². The summed E-state index contributed by atoms with van der Waals surface area (Å²) in [6.07, 6.45) is 0. The minimum absolute atomic E-state index is 0.0639. The monoisotopic (exact) mass is 342 g/mol. The van der Waals surface area contributed by atoms with Gasteiger partial charge in [0, 0.05) is 0 Å². The summed E-state index contributed by atoms with van der Waals surface area (Å²) in [5.41, 5.74) is 3.75. The van der Waals surface area contributed by atoms with Gasteiger partial charge < -0.3 is 0 Å². The third kappa shape index (κ3) is 1.94. The molecule has 0 unspecified atom stereocenters. The van der Waals surface area contributed by atoms with Gasteiger partial charge in [0.25, 0.3) is 0 Å². The maximum absolute atomic E-state index is 6.17. The van der Waals surface area contributed by atoms with Crippen LogP contribution in [-0.4, -0.2) is 0 Å². The quantitative estimate of drug-likeness (QED) is 0.571. The standard InChI is InChI=1S/C10H15.3ClH.Ru/c1-7-6-10(4,5)9(3)8(7)2;;;;/h1-5H3;3*1H;/q;;;;+3/p-3. The second-order valence-corrected chi connectivity index (χ2v) is 16.3. The van der Waals surface area contributed by atoms with Crippen molar-refractivity contribution in [3.05, 3.63) is 20.9 Å². The van der Waals surface area contributed by atoms with Crippen LogP contribution in [0.2, 0.25) is 0 Å². The van der Waals surface area contributed by atoms with Gasteiger partial charge in [-0.15, -0.1) is 0 Å². The number of hydrogen-bond acceptors (Lipinski definition) is 0. The van der Waals surface area contributed by atoms with Crippen LogP contribution < -0.4 is 0 Å². The van der Waals surface area contributed by atoms with E-state index in [1.54, 1.807) is 0 Å². The molecular formula is C10H15Cl3Ru. The van der Waals surface area contributed by atoms with Gasteiger partial charge in [-0.3, -0.25) is 0 Å². The van der Waals surface area contributed by atoms with Crippen LogP contribution in [0.1, 0.15) is 34.6 Å². The molecule has 0 aromatic rings. The van der Waals surface area contributed by atoms with E-state index >= 15 is 0 Å². The predicted molar refractivity (Wildman–Crippen MR) is 62.4 cm³/mol. The molecule has 84 valence electrons. The number of hydrogen-bond donors (Lipinski definition) is 0. The average Bonchev–Trinajstić information content (AvgIpc) is 2.10. The van der Waals surface area contributed by atoms with Gasteiger partial charge in [0.05, 0.1) is 0 Å². The topological polar surface area (TPSA) is 0 Å². The Hall–Kier alpha value is 0.973. The average molecular weight is 343 g/mol. The van der Waals surface area contributed by atoms with Gasteiger partial charge in [-0.05, 0) is 0 Å². The first-order chi connectivity index (χ1) is 6.10. The molecule has 0 heterocycles. The molecule has 0 saturated carbocycles. The zero-order valence-electron chi connectivity index (χ0n) is 8.99. The van der Waals surface area contributed by atoms with Crippen molar-refractivity contribution in [2.75, 3.05) is 0 Å². The van der Waals surface area contributed by atoms with E-state index in [9.17, 15) is 0 Å². The third-order valence-corrected chi connectivity index (χ3v) is 8.21. The molecule has 0 N–H and O–H groups in total. The van der Waals surface area contributed by atoms with Crippen LogP contribution in [-0.2, 0) is 11.8 Å². The molecule has 0 bridgehead atoms. The molecule has 1 aliphatic rings. The first-order valence-electron chi connectivity index (χ1n) is 4.33.